The van der Waals surface area contributed by atoms with E-state index in [1.807, 2.05) is 48.5 Å². The second-order valence-corrected chi connectivity index (χ2v) is 6.12. The Morgan fingerprint density at radius 2 is 1.55 bits per heavy atom. The smallest absolute Gasteiger partial charge is 0.124 e. The molecule has 0 fully saturated rings. The molecule has 0 amide bonds. The summed E-state index contributed by atoms with van der Waals surface area (Å²) in [5.41, 5.74) is 3.91. The van der Waals surface area contributed by atoms with Crippen molar-refractivity contribution in [2.45, 2.75) is 0 Å². The van der Waals surface area contributed by atoms with Gasteiger partial charge in [-0.25, -0.2) is 4.98 Å². The largest absolute Gasteiger partial charge is 0.507 e. The molecule has 22 heavy (non-hydrogen) atoms. The molecule has 1 heterocycles. The monoisotopic (exact) mass is 303 g/mol. The first-order valence-corrected chi connectivity index (χ1v) is 7.87. The SMILES string of the molecule is Oc1ccccc1-c1ccc2sc(-c3ccccc3)nc2c1. The van der Waals surface area contributed by atoms with E-state index in [1.54, 1.807) is 17.4 Å². The zero-order valence-corrected chi connectivity index (χ0v) is 12.5. The second kappa shape index (κ2) is 5.28. The molecular weight excluding hydrogens is 290 g/mol. The van der Waals surface area contributed by atoms with Gasteiger partial charge < -0.3 is 5.11 Å². The summed E-state index contributed by atoms with van der Waals surface area (Å²) in [6.45, 7) is 0. The molecule has 0 aliphatic carbocycles. The molecular formula is C19H13NOS. The zero-order chi connectivity index (χ0) is 14.9. The second-order valence-electron chi connectivity index (χ2n) is 5.08. The third-order valence-corrected chi connectivity index (χ3v) is 4.71. The minimum Gasteiger partial charge on any atom is -0.507 e. The predicted octanol–water partition coefficient (Wildman–Crippen LogP) is 5.34. The number of benzene rings is 3. The topological polar surface area (TPSA) is 33.1 Å². The van der Waals surface area contributed by atoms with Crippen LogP contribution < -0.4 is 0 Å². The lowest BCUT2D eigenvalue weighted by molar-refractivity contribution is 0.477. The molecule has 0 aliphatic heterocycles. The molecule has 0 unspecified atom stereocenters. The Labute approximate surface area is 132 Å². The molecule has 0 atom stereocenters. The molecule has 106 valence electrons. The number of rotatable bonds is 2. The predicted molar refractivity (Wildman–Crippen MR) is 92.2 cm³/mol. The Balaban J connectivity index is 1.84. The number of aromatic hydroxyl groups is 1. The van der Waals surface area contributed by atoms with E-state index in [2.05, 4.69) is 18.2 Å². The summed E-state index contributed by atoms with van der Waals surface area (Å²) in [5, 5.41) is 11.0. The van der Waals surface area contributed by atoms with E-state index in [1.165, 1.54) is 0 Å². The van der Waals surface area contributed by atoms with E-state index < -0.39 is 0 Å². The number of para-hydroxylation sites is 1. The highest BCUT2D eigenvalue weighted by atomic mass is 32.1. The molecule has 4 rings (SSSR count). The third kappa shape index (κ3) is 2.26. The fraction of sp³-hybridized carbons (Fsp3) is 0. The number of hydrogen-bond acceptors (Lipinski definition) is 3. The molecule has 0 aliphatic rings. The van der Waals surface area contributed by atoms with Crippen molar-refractivity contribution in [1.29, 1.82) is 0 Å². The van der Waals surface area contributed by atoms with Crippen LogP contribution in [0.15, 0.2) is 72.8 Å². The van der Waals surface area contributed by atoms with Gasteiger partial charge in [-0.3, -0.25) is 0 Å². The average Bonchev–Trinajstić information content (AvgIpc) is 2.99. The lowest BCUT2D eigenvalue weighted by atomic mass is 10.0. The van der Waals surface area contributed by atoms with Crippen molar-refractivity contribution < 1.29 is 5.11 Å². The molecule has 1 N–H and O–H groups in total. The van der Waals surface area contributed by atoms with Crippen LogP contribution in [0.4, 0.5) is 0 Å². The summed E-state index contributed by atoms with van der Waals surface area (Å²) in [6.07, 6.45) is 0. The number of fused-ring (bicyclic) bond motifs is 1. The normalized spacial score (nSPS) is 10.9. The maximum atomic E-state index is 10.0. The van der Waals surface area contributed by atoms with E-state index >= 15 is 0 Å². The first kappa shape index (κ1) is 13.0. The molecule has 0 radical (unpaired) electrons. The standard InChI is InChI=1S/C19H13NOS/c21-17-9-5-4-8-15(17)14-10-11-18-16(12-14)20-19(22-18)13-6-2-1-3-7-13/h1-12,21H. The van der Waals surface area contributed by atoms with Crippen molar-refractivity contribution in [1.82, 2.24) is 4.98 Å². The summed E-state index contributed by atoms with van der Waals surface area (Å²) in [4.78, 5) is 4.74. The molecule has 0 saturated heterocycles. The molecule has 0 bridgehead atoms. The van der Waals surface area contributed by atoms with Gasteiger partial charge in [-0.2, -0.15) is 0 Å². The van der Waals surface area contributed by atoms with Gasteiger partial charge in [0.1, 0.15) is 10.8 Å². The quantitative estimate of drug-likeness (QED) is 0.542. The number of aromatic nitrogens is 1. The first-order chi connectivity index (χ1) is 10.8. The highest BCUT2D eigenvalue weighted by Crippen LogP contribution is 2.34. The van der Waals surface area contributed by atoms with Crippen molar-refractivity contribution in [2.75, 3.05) is 0 Å². The summed E-state index contributed by atoms with van der Waals surface area (Å²) in [6, 6.07) is 23.7. The van der Waals surface area contributed by atoms with Crippen molar-refractivity contribution in [2.24, 2.45) is 0 Å². The van der Waals surface area contributed by atoms with Crippen LogP contribution in [0.1, 0.15) is 0 Å². The summed E-state index contributed by atoms with van der Waals surface area (Å²) in [7, 11) is 0. The molecule has 3 aromatic carbocycles. The van der Waals surface area contributed by atoms with Gasteiger partial charge in [0.25, 0.3) is 0 Å². The van der Waals surface area contributed by atoms with Crippen LogP contribution >= 0.6 is 11.3 Å². The van der Waals surface area contributed by atoms with Gasteiger partial charge in [0.2, 0.25) is 0 Å². The highest BCUT2D eigenvalue weighted by Gasteiger charge is 2.09. The average molecular weight is 303 g/mol. The highest BCUT2D eigenvalue weighted by molar-refractivity contribution is 7.21. The summed E-state index contributed by atoms with van der Waals surface area (Å²) in [5.74, 6) is 0.292. The lowest BCUT2D eigenvalue weighted by Gasteiger charge is -2.03. The molecule has 3 heteroatoms. The zero-order valence-electron chi connectivity index (χ0n) is 11.7. The van der Waals surface area contributed by atoms with Crippen molar-refractivity contribution in [3.05, 3.63) is 72.8 Å². The maximum Gasteiger partial charge on any atom is 0.124 e. The van der Waals surface area contributed by atoms with Crippen molar-refractivity contribution in [3.8, 4) is 27.4 Å². The van der Waals surface area contributed by atoms with Gasteiger partial charge >= 0.3 is 0 Å². The Morgan fingerprint density at radius 3 is 2.36 bits per heavy atom. The number of phenolic OH excluding ortho intramolecular Hbond substituents is 1. The Bertz CT molecular complexity index is 944. The minimum absolute atomic E-state index is 0.292. The minimum atomic E-state index is 0.292. The van der Waals surface area contributed by atoms with E-state index in [0.29, 0.717) is 5.75 Å². The van der Waals surface area contributed by atoms with Crippen LogP contribution in [0, 0.1) is 0 Å². The number of hydrogen-bond donors (Lipinski definition) is 1. The fourth-order valence-electron chi connectivity index (χ4n) is 2.52. The van der Waals surface area contributed by atoms with Gasteiger partial charge in [0, 0.05) is 11.1 Å². The third-order valence-electron chi connectivity index (χ3n) is 3.62. The summed E-state index contributed by atoms with van der Waals surface area (Å²) < 4.78 is 1.15. The fourth-order valence-corrected chi connectivity index (χ4v) is 3.47. The van der Waals surface area contributed by atoms with Crippen LogP contribution in [-0.4, -0.2) is 10.1 Å². The van der Waals surface area contributed by atoms with E-state index in [9.17, 15) is 5.11 Å². The van der Waals surface area contributed by atoms with Crippen molar-refractivity contribution in [3.63, 3.8) is 0 Å². The number of thiazole rings is 1. The lowest BCUT2D eigenvalue weighted by Crippen LogP contribution is -1.79. The number of nitrogens with zero attached hydrogens (tertiary/aromatic N) is 1. The van der Waals surface area contributed by atoms with Crippen LogP contribution in [-0.2, 0) is 0 Å². The number of phenols is 1. The molecule has 4 aromatic rings. The first-order valence-electron chi connectivity index (χ1n) is 7.06. The maximum absolute atomic E-state index is 10.0. The van der Waals surface area contributed by atoms with Gasteiger partial charge in [-0.15, -0.1) is 11.3 Å². The van der Waals surface area contributed by atoms with Crippen LogP contribution in [0.2, 0.25) is 0 Å². The van der Waals surface area contributed by atoms with E-state index in [0.717, 1.165) is 31.9 Å². The Morgan fingerprint density at radius 1 is 0.773 bits per heavy atom. The van der Waals surface area contributed by atoms with E-state index in [4.69, 9.17) is 4.98 Å². The van der Waals surface area contributed by atoms with Gasteiger partial charge in [0.05, 0.1) is 10.2 Å². The Hall–Kier alpha value is -2.65. The molecule has 0 saturated carbocycles. The van der Waals surface area contributed by atoms with Crippen LogP contribution in [0.5, 0.6) is 5.75 Å². The van der Waals surface area contributed by atoms with Gasteiger partial charge in [-0.1, -0.05) is 54.6 Å². The van der Waals surface area contributed by atoms with Gasteiger partial charge in [-0.05, 0) is 23.8 Å². The van der Waals surface area contributed by atoms with Crippen LogP contribution in [0.3, 0.4) is 0 Å². The van der Waals surface area contributed by atoms with Gasteiger partial charge in [0.15, 0.2) is 0 Å². The summed E-state index contributed by atoms with van der Waals surface area (Å²) >= 11 is 1.68. The molecule has 1 aromatic heterocycles. The van der Waals surface area contributed by atoms with Crippen LogP contribution in [0.25, 0.3) is 31.9 Å². The molecule has 0 spiro atoms. The Kier molecular flexibility index (Phi) is 3.13. The van der Waals surface area contributed by atoms with E-state index in [-0.39, 0.29) is 0 Å². The molecule has 2 nitrogen and oxygen atoms in total. The van der Waals surface area contributed by atoms with Crippen molar-refractivity contribution >= 4 is 21.6 Å².